The fourth-order valence-corrected chi connectivity index (χ4v) is 3.79. The highest BCUT2D eigenvalue weighted by Crippen LogP contribution is 2.40. The van der Waals surface area contributed by atoms with Gasteiger partial charge >= 0.3 is 11.5 Å². The fourth-order valence-electron chi connectivity index (χ4n) is 2.37. The van der Waals surface area contributed by atoms with Gasteiger partial charge in [0.2, 0.25) is 0 Å². The van der Waals surface area contributed by atoms with Crippen molar-refractivity contribution in [1.82, 2.24) is 14.5 Å². The Morgan fingerprint density at radius 2 is 1.92 bits per heavy atom. The summed E-state index contributed by atoms with van der Waals surface area (Å²) in [6.07, 6.45) is 5.55. The number of benzene rings is 1. The first-order valence-corrected chi connectivity index (χ1v) is 9.29. The molecule has 0 aliphatic heterocycles. The molecule has 0 aliphatic carbocycles. The molecule has 1 aromatic heterocycles. The summed E-state index contributed by atoms with van der Waals surface area (Å²) >= 11 is 12.0. The summed E-state index contributed by atoms with van der Waals surface area (Å²) in [7, 11) is 0. The van der Waals surface area contributed by atoms with Crippen LogP contribution in [0.15, 0.2) is 35.7 Å². The molecule has 4 nitrogen and oxygen atoms in total. The summed E-state index contributed by atoms with van der Waals surface area (Å²) in [4.78, 5) is 17.8. The second-order valence-electron chi connectivity index (χ2n) is 5.40. The first-order valence-electron chi connectivity index (χ1n) is 7.72. The molecule has 2 rings (SSSR count). The van der Waals surface area contributed by atoms with E-state index in [2.05, 4.69) is 4.98 Å². The lowest BCUT2D eigenvalue weighted by atomic mass is 10.1. The summed E-state index contributed by atoms with van der Waals surface area (Å²) < 4.78 is 38.8. The smallest absolute Gasteiger partial charge is 0.324 e. The zero-order valence-corrected chi connectivity index (χ0v) is 16.1. The second-order valence-corrected chi connectivity index (χ2v) is 7.36. The van der Waals surface area contributed by atoms with Gasteiger partial charge in [-0.2, -0.15) is 13.2 Å². The molecular weight excluding hydrogens is 410 g/mol. The maximum atomic E-state index is 12.5. The van der Waals surface area contributed by atoms with Crippen LogP contribution in [0.3, 0.4) is 0 Å². The van der Waals surface area contributed by atoms with Crippen LogP contribution in [0.25, 0.3) is 0 Å². The quantitative estimate of drug-likeness (QED) is 0.555. The second kappa shape index (κ2) is 9.01. The molecule has 1 heterocycles. The van der Waals surface area contributed by atoms with E-state index < -0.39 is 5.51 Å². The average molecular weight is 426 g/mol. The largest absolute Gasteiger partial charge is 0.446 e. The van der Waals surface area contributed by atoms with E-state index in [0.29, 0.717) is 25.1 Å². The van der Waals surface area contributed by atoms with Gasteiger partial charge in [-0.3, -0.25) is 4.57 Å². The predicted molar refractivity (Wildman–Crippen MR) is 97.0 cm³/mol. The van der Waals surface area contributed by atoms with Crippen LogP contribution in [0.5, 0.6) is 0 Å². The topological polar surface area (TPSA) is 38.1 Å². The molecule has 0 atom stereocenters. The molecule has 1 amide bonds. The number of hydrogen-bond donors (Lipinski definition) is 0. The summed E-state index contributed by atoms with van der Waals surface area (Å²) in [5.74, 6) is 0. The molecule has 2 aromatic rings. The predicted octanol–water partition coefficient (Wildman–Crippen LogP) is 5.72. The number of thioether (sulfide) groups is 1. The normalized spacial score (nSPS) is 11.6. The molecule has 0 fully saturated rings. The Kier molecular flexibility index (Phi) is 7.25. The van der Waals surface area contributed by atoms with Crippen molar-refractivity contribution >= 4 is 41.0 Å². The number of carbonyl (C=O) groups is 1. The Bertz CT molecular complexity index is 731. The number of aromatic nitrogens is 2. The molecule has 0 spiro atoms. The van der Waals surface area contributed by atoms with Crippen LogP contribution in [0, 0.1) is 0 Å². The maximum absolute atomic E-state index is 12.5. The number of halogens is 5. The number of hydrogen-bond acceptors (Lipinski definition) is 3. The molecule has 0 saturated heterocycles. The lowest BCUT2D eigenvalue weighted by molar-refractivity contribution is -0.0328. The van der Waals surface area contributed by atoms with Gasteiger partial charge in [-0.05, 0) is 42.3 Å². The van der Waals surface area contributed by atoms with Crippen molar-refractivity contribution in [3.8, 4) is 0 Å². The Morgan fingerprint density at radius 1 is 1.27 bits per heavy atom. The molecule has 0 N–H and O–H groups in total. The van der Waals surface area contributed by atoms with Gasteiger partial charge in [-0.1, -0.05) is 30.1 Å². The highest BCUT2D eigenvalue weighted by atomic mass is 35.5. The lowest BCUT2D eigenvalue weighted by Crippen LogP contribution is -2.36. The van der Waals surface area contributed by atoms with Crippen molar-refractivity contribution in [3.05, 3.63) is 46.5 Å². The zero-order chi connectivity index (χ0) is 19.3. The van der Waals surface area contributed by atoms with E-state index in [-0.39, 0.29) is 32.7 Å². The Labute approximate surface area is 163 Å². The Hall–Kier alpha value is -1.38. The van der Waals surface area contributed by atoms with E-state index in [4.69, 9.17) is 23.2 Å². The molecule has 1 aromatic carbocycles. The molecule has 142 valence electrons. The van der Waals surface area contributed by atoms with Crippen LogP contribution in [0.2, 0.25) is 10.0 Å². The molecule has 0 radical (unpaired) electrons. The number of alkyl halides is 3. The van der Waals surface area contributed by atoms with Gasteiger partial charge in [0.25, 0.3) is 0 Å². The number of rotatable bonds is 6. The minimum absolute atomic E-state index is 0.0730. The SMILES string of the molecule is CCCN(CCc1c(Cl)cc(SC(F)(F)F)cc1Cl)C(=O)n1ccnc1. The van der Waals surface area contributed by atoms with E-state index in [0.717, 1.165) is 6.42 Å². The van der Waals surface area contributed by atoms with Gasteiger partial charge in [0.05, 0.1) is 0 Å². The van der Waals surface area contributed by atoms with Crippen molar-refractivity contribution in [2.45, 2.75) is 30.2 Å². The molecule has 0 aliphatic rings. The van der Waals surface area contributed by atoms with Crippen LogP contribution in [-0.4, -0.2) is 39.1 Å². The first-order chi connectivity index (χ1) is 12.2. The third-order valence-corrected chi connectivity index (χ3v) is 4.85. The van der Waals surface area contributed by atoms with Gasteiger partial charge < -0.3 is 4.90 Å². The average Bonchev–Trinajstić information content (AvgIpc) is 3.05. The number of imidazole rings is 1. The lowest BCUT2D eigenvalue weighted by Gasteiger charge is -2.22. The zero-order valence-electron chi connectivity index (χ0n) is 13.8. The summed E-state index contributed by atoms with van der Waals surface area (Å²) in [6.45, 7) is 2.79. The molecule has 26 heavy (non-hydrogen) atoms. The van der Waals surface area contributed by atoms with Crippen molar-refractivity contribution < 1.29 is 18.0 Å². The van der Waals surface area contributed by atoms with Crippen molar-refractivity contribution in [3.63, 3.8) is 0 Å². The standard InChI is InChI=1S/C16H16Cl2F3N3OS/c1-2-5-23(15(25)24-7-4-22-10-24)6-3-12-13(17)8-11(9-14(12)18)26-16(19,20)21/h4,7-10H,2-3,5-6H2,1H3. The number of nitrogens with zero attached hydrogens (tertiary/aromatic N) is 3. The minimum Gasteiger partial charge on any atom is -0.324 e. The summed E-state index contributed by atoms with van der Waals surface area (Å²) in [5.41, 5.74) is -3.90. The van der Waals surface area contributed by atoms with Gasteiger partial charge in [-0.25, -0.2) is 9.78 Å². The number of amides is 1. The molecule has 0 unspecified atom stereocenters. The van der Waals surface area contributed by atoms with Crippen LogP contribution in [-0.2, 0) is 6.42 Å². The molecule has 0 bridgehead atoms. The monoisotopic (exact) mass is 425 g/mol. The molecule has 0 saturated carbocycles. The molecule has 10 heteroatoms. The van der Waals surface area contributed by atoms with Crippen LogP contribution < -0.4 is 0 Å². The van der Waals surface area contributed by atoms with E-state index >= 15 is 0 Å². The van der Waals surface area contributed by atoms with Gasteiger partial charge in [0.1, 0.15) is 6.33 Å². The van der Waals surface area contributed by atoms with E-state index in [1.807, 2.05) is 6.92 Å². The third kappa shape index (κ3) is 5.82. The van der Waals surface area contributed by atoms with Gasteiger partial charge in [0, 0.05) is 40.4 Å². The van der Waals surface area contributed by atoms with Gasteiger partial charge in [0.15, 0.2) is 0 Å². The molecular formula is C16H16Cl2F3N3OS. The van der Waals surface area contributed by atoms with Crippen molar-refractivity contribution in [2.75, 3.05) is 13.1 Å². The van der Waals surface area contributed by atoms with Crippen LogP contribution >= 0.6 is 35.0 Å². The van der Waals surface area contributed by atoms with E-state index in [1.54, 1.807) is 11.1 Å². The first kappa shape index (κ1) is 20.9. The number of carbonyl (C=O) groups excluding carboxylic acids is 1. The Morgan fingerprint density at radius 3 is 2.42 bits per heavy atom. The third-order valence-electron chi connectivity index (χ3n) is 3.47. The van der Waals surface area contributed by atoms with E-state index in [9.17, 15) is 18.0 Å². The summed E-state index contributed by atoms with van der Waals surface area (Å²) in [6, 6.07) is 2.24. The van der Waals surface area contributed by atoms with Crippen molar-refractivity contribution in [2.24, 2.45) is 0 Å². The Balaban J connectivity index is 2.12. The fraction of sp³-hybridized carbons (Fsp3) is 0.375. The minimum atomic E-state index is -4.41. The highest BCUT2D eigenvalue weighted by Gasteiger charge is 2.30. The van der Waals surface area contributed by atoms with E-state index in [1.165, 1.54) is 29.2 Å². The van der Waals surface area contributed by atoms with Crippen molar-refractivity contribution in [1.29, 1.82) is 0 Å². The van der Waals surface area contributed by atoms with Crippen LogP contribution in [0.4, 0.5) is 18.0 Å². The van der Waals surface area contributed by atoms with Crippen LogP contribution in [0.1, 0.15) is 18.9 Å². The van der Waals surface area contributed by atoms with Gasteiger partial charge in [-0.15, -0.1) is 0 Å². The summed E-state index contributed by atoms with van der Waals surface area (Å²) in [5, 5.41) is 0.298. The highest BCUT2D eigenvalue weighted by molar-refractivity contribution is 8.00. The maximum Gasteiger partial charge on any atom is 0.446 e.